The molecule has 3 heterocycles. The van der Waals surface area contributed by atoms with Crippen molar-refractivity contribution < 1.29 is 4.39 Å². The molecule has 0 bridgehead atoms. The van der Waals surface area contributed by atoms with Crippen LogP contribution in [0.3, 0.4) is 0 Å². The lowest BCUT2D eigenvalue weighted by atomic mass is 10.2. The number of aryl methyl sites for hydroxylation is 1. The molecule has 0 radical (unpaired) electrons. The van der Waals surface area contributed by atoms with Gasteiger partial charge in [0, 0.05) is 39.8 Å². The van der Waals surface area contributed by atoms with Crippen molar-refractivity contribution in [1.29, 1.82) is 0 Å². The number of rotatable bonds is 7. The van der Waals surface area contributed by atoms with Crippen LogP contribution in [-0.4, -0.2) is 57.0 Å². The monoisotopic (exact) mass is 375 g/mol. The summed E-state index contributed by atoms with van der Waals surface area (Å²) in [5.41, 5.74) is -0.756. The molecule has 0 saturated carbocycles. The van der Waals surface area contributed by atoms with Gasteiger partial charge in [0.1, 0.15) is 12.0 Å². The van der Waals surface area contributed by atoms with E-state index in [9.17, 15) is 14.0 Å². The van der Waals surface area contributed by atoms with Gasteiger partial charge in [0.25, 0.3) is 5.56 Å². The number of hydrogen-bond acceptors (Lipinski definition) is 6. The van der Waals surface area contributed by atoms with E-state index in [1.54, 1.807) is 6.07 Å². The topological polar surface area (TPSA) is 76.3 Å². The second kappa shape index (κ2) is 8.90. The Balaban J connectivity index is 1.36. The molecule has 0 amide bonds. The highest BCUT2D eigenvalue weighted by Gasteiger charge is 2.17. The average molecular weight is 375 g/mol. The zero-order valence-electron chi connectivity index (χ0n) is 15.6. The summed E-state index contributed by atoms with van der Waals surface area (Å²) in [6.45, 7) is 5.06. The number of piperazine rings is 1. The Morgan fingerprint density at radius 3 is 2.52 bits per heavy atom. The lowest BCUT2D eigenvalue weighted by molar-refractivity contribution is 0.250. The largest absolute Gasteiger partial charge is 0.354 e. The Bertz CT molecular complexity index is 873. The van der Waals surface area contributed by atoms with E-state index in [4.69, 9.17) is 0 Å². The predicted molar refractivity (Wildman–Crippen MR) is 100 cm³/mol. The van der Waals surface area contributed by atoms with E-state index in [-0.39, 0.29) is 11.2 Å². The van der Waals surface area contributed by atoms with Gasteiger partial charge in [-0.25, -0.2) is 14.5 Å². The van der Waals surface area contributed by atoms with E-state index in [1.807, 2.05) is 6.07 Å². The Morgan fingerprint density at radius 2 is 1.78 bits per heavy atom. The van der Waals surface area contributed by atoms with E-state index < -0.39 is 5.95 Å². The van der Waals surface area contributed by atoms with Crippen LogP contribution in [0.1, 0.15) is 19.3 Å². The second-order valence-electron chi connectivity index (χ2n) is 6.76. The molecule has 9 heteroatoms. The molecule has 0 aromatic carbocycles. The number of aromatic nitrogens is 4. The van der Waals surface area contributed by atoms with E-state index in [1.165, 1.54) is 24.0 Å². The minimum absolute atomic E-state index is 0.371. The summed E-state index contributed by atoms with van der Waals surface area (Å²) in [5, 5.41) is 3.89. The second-order valence-corrected chi connectivity index (χ2v) is 6.76. The molecule has 1 fully saturated rings. The standard InChI is InChI=1S/C18H25FN6O2/c1-22-17(26)14-20-25(18(22)27)9-4-2-3-8-23-10-12-24(13-11-23)16-7-5-6-15(19)21-16/h5-7,14H,2-4,8-13H2,1H3/i19-1. The average Bonchev–Trinajstić information content (AvgIpc) is 2.68. The molecule has 0 unspecified atom stereocenters. The maximum absolute atomic E-state index is 13.2. The first-order chi connectivity index (χ1) is 13.0. The molecule has 1 aliphatic heterocycles. The van der Waals surface area contributed by atoms with Gasteiger partial charge in [-0.15, -0.1) is 0 Å². The molecule has 1 aliphatic rings. The first kappa shape index (κ1) is 19.2. The van der Waals surface area contributed by atoms with Gasteiger partial charge in [0.05, 0.1) is 0 Å². The highest BCUT2D eigenvalue weighted by Crippen LogP contribution is 2.14. The fourth-order valence-electron chi connectivity index (χ4n) is 3.22. The number of pyridine rings is 1. The highest BCUT2D eigenvalue weighted by atomic mass is 18.2. The van der Waals surface area contributed by atoms with Gasteiger partial charge in [-0.1, -0.05) is 12.5 Å². The maximum Gasteiger partial charge on any atom is 0.347 e. The molecule has 146 valence electrons. The van der Waals surface area contributed by atoms with Crippen LogP contribution in [0.4, 0.5) is 10.2 Å². The Hall–Kier alpha value is -2.55. The smallest absolute Gasteiger partial charge is 0.347 e. The molecule has 1 saturated heterocycles. The van der Waals surface area contributed by atoms with Crippen LogP contribution in [0.5, 0.6) is 0 Å². The van der Waals surface area contributed by atoms with Gasteiger partial charge in [-0.3, -0.25) is 14.3 Å². The number of nitrogens with zero attached hydrogens (tertiary/aromatic N) is 6. The number of halogens is 1. The lowest BCUT2D eigenvalue weighted by Gasteiger charge is -2.35. The van der Waals surface area contributed by atoms with Crippen LogP contribution < -0.4 is 16.1 Å². The van der Waals surface area contributed by atoms with E-state index in [2.05, 4.69) is 19.9 Å². The third-order valence-corrected chi connectivity index (χ3v) is 4.89. The molecule has 2 aromatic rings. The number of hydrogen-bond donors (Lipinski definition) is 0. The molecule has 3 rings (SSSR count). The molecular formula is C18H25FN6O2. The Morgan fingerprint density at radius 1 is 1.04 bits per heavy atom. The molecule has 0 atom stereocenters. The summed E-state index contributed by atoms with van der Waals surface area (Å²) in [7, 11) is 1.46. The summed E-state index contributed by atoms with van der Waals surface area (Å²) < 4.78 is 15.6. The van der Waals surface area contributed by atoms with Crippen LogP contribution >= 0.6 is 0 Å². The molecule has 0 N–H and O–H groups in total. The van der Waals surface area contributed by atoms with Crippen molar-refractivity contribution >= 4 is 5.82 Å². The maximum atomic E-state index is 13.2. The third-order valence-electron chi connectivity index (χ3n) is 4.89. The Labute approximate surface area is 156 Å². The SMILES string of the molecule is Cn1c(=O)cnn(CCCCCN2CCN(c3cccc([18F])n3)CC2)c1=O. The summed E-state index contributed by atoms with van der Waals surface area (Å²) in [4.78, 5) is 31.7. The van der Waals surface area contributed by atoms with E-state index in [0.717, 1.165) is 56.6 Å². The van der Waals surface area contributed by atoms with Gasteiger partial charge in [0.15, 0.2) is 0 Å². The van der Waals surface area contributed by atoms with Crippen molar-refractivity contribution in [3.8, 4) is 0 Å². The van der Waals surface area contributed by atoms with Gasteiger partial charge < -0.3 is 4.90 Å². The highest BCUT2D eigenvalue weighted by molar-refractivity contribution is 5.38. The molecule has 27 heavy (non-hydrogen) atoms. The van der Waals surface area contributed by atoms with Crippen LogP contribution in [0.2, 0.25) is 0 Å². The van der Waals surface area contributed by atoms with Crippen molar-refractivity contribution in [1.82, 2.24) is 24.2 Å². The molecule has 0 aliphatic carbocycles. The predicted octanol–water partition coefficient (Wildman–Crippen LogP) is 0.469. The number of unbranched alkanes of at least 4 members (excludes halogenated alkanes) is 2. The van der Waals surface area contributed by atoms with Crippen LogP contribution in [0.25, 0.3) is 0 Å². The van der Waals surface area contributed by atoms with Crippen LogP contribution in [0, 0.1) is 5.95 Å². The lowest BCUT2D eigenvalue weighted by Crippen LogP contribution is -2.47. The van der Waals surface area contributed by atoms with Gasteiger partial charge in [0.2, 0.25) is 5.95 Å². The van der Waals surface area contributed by atoms with E-state index in [0.29, 0.717) is 12.4 Å². The van der Waals surface area contributed by atoms with E-state index >= 15 is 0 Å². The summed E-state index contributed by atoms with van der Waals surface area (Å²) in [5.74, 6) is 0.256. The fraction of sp³-hybridized carbons (Fsp3) is 0.556. The fourth-order valence-corrected chi connectivity index (χ4v) is 3.22. The minimum atomic E-state index is -0.443. The van der Waals surface area contributed by atoms with Crippen LogP contribution in [0.15, 0.2) is 34.0 Å². The summed E-state index contributed by atoms with van der Waals surface area (Å²) in [6.07, 6.45) is 4.05. The van der Waals surface area contributed by atoms with Crippen molar-refractivity contribution in [2.24, 2.45) is 7.05 Å². The minimum Gasteiger partial charge on any atom is -0.354 e. The van der Waals surface area contributed by atoms with Gasteiger partial charge in [-0.2, -0.15) is 9.49 Å². The molecule has 2 aromatic heterocycles. The van der Waals surface area contributed by atoms with Gasteiger partial charge >= 0.3 is 5.69 Å². The Kier molecular flexibility index (Phi) is 6.33. The summed E-state index contributed by atoms with van der Waals surface area (Å²) >= 11 is 0. The first-order valence-electron chi connectivity index (χ1n) is 9.27. The zero-order chi connectivity index (χ0) is 19.2. The van der Waals surface area contributed by atoms with Gasteiger partial charge in [-0.05, 0) is 31.5 Å². The molecule has 8 nitrogen and oxygen atoms in total. The quantitative estimate of drug-likeness (QED) is 0.517. The van der Waals surface area contributed by atoms with Crippen molar-refractivity contribution in [2.45, 2.75) is 25.8 Å². The zero-order valence-corrected chi connectivity index (χ0v) is 15.6. The van der Waals surface area contributed by atoms with Crippen molar-refractivity contribution in [2.75, 3.05) is 37.6 Å². The molecule has 0 spiro atoms. The summed E-state index contributed by atoms with van der Waals surface area (Å²) in [6, 6.07) is 4.89. The normalized spacial score (nSPS) is 15.3. The van der Waals surface area contributed by atoms with Crippen molar-refractivity contribution in [3.63, 3.8) is 0 Å². The van der Waals surface area contributed by atoms with Crippen molar-refractivity contribution in [3.05, 3.63) is 51.2 Å². The number of anilines is 1. The third kappa shape index (κ3) is 5.00. The van der Waals surface area contributed by atoms with Crippen LogP contribution in [-0.2, 0) is 13.6 Å². The first-order valence-corrected chi connectivity index (χ1v) is 9.27. The molecular weight excluding hydrogens is 350 g/mol.